The molecule has 0 spiro atoms. The molecule has 0 saturated heterocycles. The van der Waals surface area contributed by atoms with Crippen LogP contribution in [0, 0.1) is 6.92 Å². The van der Waals surface area contributed by atoms with Gasteiger partial charge in [-0.15, -0.1) is 11.3 Å². The first-order chi connectivity index (χ1) is 17.6. The maximum atomic E-state index is 13.9. The van der Waals surface area contributed by atoms with Crippen molar-refractivity contribution < 1.29 is 29.3 Å². The molecule has 2 aromatic carbocycles. The van der Waals surface area contributed by atoms with E-state index >= 15 is 0 Å². The number of thiazole rings is 1. The Morgan fingerprint density at radius 2 is 1.84 bits per heavy atom. The van der Waals surface area contributed by atoms with Crippen LogP contribution in [0.2, 0.25) is 0 Å². The van der Waals surface area contributed by atoms with Gasteiger partial charge in [-0.05, 0) is 27.7 Å². The fraction of sp³-hybridized carbons (Fsp3) is 0.214. The van der Waals surface area contributed by atoms with Crippen LogP contribution < -0.4 is 10.1 Å². The fourth-order valence-electron chi connectivity index (χ4n) is 4.78. The number of carbonyl (C=O) groups excluding carboxylic acids is 3. The van der Waals surface area contributed by atoms with Gasteiger partial charge in [-0.2, -0.15) is 0 Å². The molecule has 0 unspecified atom stereocenters. The Bertz CT molecular complexity index is 1570. The Morgan fingerprint density at radius 3 is 2.51 bits per heavy atom. The number of hydrogen-bond acceptors (Lipinski definition) is 9. The van der Waals surface area contributed by atoms with Gasteiger partial charge in [0.05, 0.1) is 23.4 Å². The van der Waals surface area contributed by atoms with Gasteiger partial charge in [-0.3, -0.25) is 14.4 Å². The van der Waals surface area contributed by atoms with Crippen LogP contribution in [0.1, 0.15) is 48.0 Å². The van der Waals surface area contributed by atoms with Crippen molar-refractivity contribution in [2.45, 2.75) is 39.7 Å². The minimum Gasteiger partial charge on any atom is -0.507 e. The quantitative estimate of drug-likeness (QED) is 0.257. The third-order valence-corrected chi connectivity index (χ3v) is 7.81. The number of nitrogens with one attached hydrogen (secondary N) is 1. The summed E-state index contributed by atoms with van der Waals surface area (Å²) in [6, 6.07) is 9.77. The lowest BCUT2D eigenvalue weighted by molar-refractivity contribution is -0.123. The number of ketones is 3. The average Bonchev–Trinajstić information content (AvgIpc) is 3.45. The first-order valence-electron chi connectivity index (χ1n) is 11.6. The average molecular weight is 517 g/mol. The van der Waals surface area contributed by atoms with E-state index in [-0.39, 0.29) is 39.5 Å². The summed E-state index contributed by atoms with van der Waals surface area (Å²) in [4.78, 5) is 43.9. The molecule has 0 fully saturated rings. The van der Waals surface area contributed by atoms with E-state index in [0.717, 1.165) is 16.3 Å². The topological polar surface area (TPSA) is 126 Å². The Balaban J connectivity index is 1.51. The van der Waals surface area contributed by atoms with Gasteiger partial charge in [0.15, 0.2) is 17.3 Å². The van der Waals surface area contributed by atoms with E-state index in [4.69, 9.17) is 4.74 Å². The van der Waals surface area contributed by atoms with Crippen molar-refractivity contribution in [1.82, 2.24) is 10.3 Å². The van der Waals surface area contributed by atoms with Crippen molar-refractivity contribution in [2.24, 2.45) is 0 Å². The smallest absolute Gasteiger partial charge is 0.194 e. The Morgan fingerprint density at radius 1 is 1.14 bits per heavy atom. The van der Waals surface area contributed by atoms with Crippen LogP contribution in [0.3, 0.4) is 0 Å². The number of aromatic hydroxyl groups is 2. The van der Waals surface area contributed by atoms with Gasteiger partial charge in [-0.1, -0.05) is 30.3 Å². The summed E-state index contributed by atoms with van der Waals surface area (Å²) in [5.74, 6) is -2.50. The van der Waals surface area contributed by atoms with E-state index in [1.807, 2.05) is 35.7 Å². The second-order valence-electron chi connectivity index (χ2n) is 9.25. The van der Waals surface area contributed by atoms with E-state index in [1.165, 1.54) is 31.3 Å². The lowest BCUT2D eigenvalue weighted by Gasteiger charge is -2.29. The zero-order chi connectivity index (χ0) is 26.6. The molecule has 2 heterocycles. The lowest BCUT2D eigenvalue weighted by Crippen LogP contribution is -2.41. The van der Waals surface area contributed by atoms with E-state index in [0.29, 0.717) is 12.2 Å². The molecule has 1 aliphatic heterocycles. The standard InChI is InChI=1S/C28H24N2O6S/c1-13-23(33)21(15(3)31)25-22(24(13)34)28(4)19(36-25)10-18(32)20(26(28)35)14(2)29-11-17-12-37-27(30-17)16-8-6-5-7-9-16/h5-10,12,29,33-34H,11H2,1-4H3/t28-/m0/s1. The first kappa shape index (κ1) is 24.5. The number of fused-ring (bicyclic) bond motifs is 3. The number of phenols is 2. The van der Waals surface area contributed by atoms with Gasteiger partial charge in [-0.25, -0.2) is 4.98 Å². The number of phenolic OH excluding ortho intramolecular Hbond substituents is 2. The molecule has 0 radical (unpaired) electrons. The fourth-order valence-corrected chi connectivity index (χ4v) is 5.60. The van der Waals surface area contributed by atoms with E-state index in [9.17, 15) is 24.6 Å². The van der Waals surface area contributed by atoms with E-state index in [2.05, 4.69) is 10.3 Å². The second kappa shape index (κ2) is 8.70. The number of carbonyl (C=O) groups is 3. The van der Waals surface area contributed by atoms with Gasteiger partial charge in [0, 0.05) is 28.3 Å². The van der Waals surface area contributed by atoms with Crippen LogP contribution in [0.25, 0.3) is 10.6 Å². The highest BCUT2D eigenvalue weighted by Gasteiger charge is 2.56. The normalized spacial score (nSPS) is 19.6. The molecule has 188 valence electrons. The van der Waals surface area contributed by atoms with Crippen molar-refractivity contribution in [3.05, 3.63) is 81.2 Å². The van der Waals surface area contributed by atoms with E-state index < -0.39 is 28.5 Å². The van der Waals surface area contributed by atoms with Crippen molar-refractivity contribution in [3.8, 4) is 27.8 Å². The number of allylic oxidation sites excluding steroid dienone is 4. The maximum Gasteiger partial charge on any atom is 0.194 e. The van der Waals surface area contributed by atoms with Crippen LogP contribution >= 0.6 is 11.3 Å². The summed E-state index contributed by atoms with van der Waals surface area (Å²) in [5, 5.41) is 27.3. The highest BCUT2D eigenvalue weighted by Crippen LogP contribution is 2.57. The summed E-state index contributed by atoms with van der Waals surface area (Å²) in [6.45, 7) is 6.17. The summed E-state index contributed by atoms with van der Waals surface area (Å²) >= 11 is 1.50. The van der Waals surface area contributed by atoms with Crippen molar-refractivity contribution in [3.63, 3.8) is 0 Å². The molecule has 0 amide bonds. The van der Waals surface area contributed by atoms with Gasteiger partial charge < -0.3 is 20.3 Å². The minimum atomic E-state index is -1.55. The Kier molecular flexibility index (Phi) is 5.75. The molecule has 9 heteroatoms. The molecule has 0 bridgehead atoms. The molecule has 8 nitrogen and oxygen atoms in total. The molecular formula is C28H24N2O6S. The number of Topliss-reactive ketones (excluding diaryl/α,β-unsaturated/α-hetero) is 2. The number of ether oxygens (including phenoxy) is 1. The zero-order valence-electron chi connectivity index (χ0n) is 20.6. The first-order valence-corrected chi connectivity index (χ1v) is 12.5. The molecule has 5 rings (SSSR count). The number of nitrogens with zero attached hydrogens (tertiary/aromatic N) is 1. The number of hydrogen-bond donors (Lipinski definition) is 3. The molecule has 1 aliphatic carbocycles. The molecule has 3 N–H and O–H groups in total. The molecule has 2 aliphatic rings. The summed E-state index contributed by atoms with van der Waals surface area (Å²) < 4.78 is 5.79. The van der Waals surface area contributed by atoms with Crippen molar-refractivity contribution in [2.75, 3.05) is 0 Å². The van der Waals surface area contributed by atoms with Crippen LogP contribution in [0.4, 0.5) is 0 Å². The van der Waals surface area contributed by atoms with Crippen LogP contribution in [-0.2, 0) is 21.5 Å². The molecule has 1 atom stereocenters. The predicted octanol–water partition coefficient (Wildman–Crippen LogP) is 4.48. The van der Waals surface area contributed by atoms with Gasteiger partial charge in [0.1, 0.15) is 39.0 Å². The van der Waals surface area contributed by atoms with Crippen LogP contribution in [0.5, 0.6) is 17.2 Å². The number of aromatic nitrogens is 1. The van der Waals surface area contributed by atoms with Gasteiger partial charge >= 0.3 is 0 Å². The third kappa shape index (κ3) is 3.65. The SMILES string of the molecule is CC(=O)c1c(O)c(C)c(O)c2c1OC1=CC(=O)C(=C(C)NCc3csc(-c4ccccc4)n3)C(=O)[C@@]12C. The summed E-state index contributed by atoms with van der Waals surface area (Å²) in [6.07, 6.45) is 1.20. The molecular weight excluding hydrogens is 492 g/mol. The summed E-state index contributed by atoms with van der Waals surface area (Å²) in [7, 11) is 0. The molecule has 3 aromatic rings. The Hall–Kier alpha value is -4.24. The minimum absolute atomic E-state index is 0.00357. The van der Waals surface area contributed by atoms with Gasteiger partial charge in [0.2, 0.25) is 0 Å². The van der Waals surface area contributed by atoms with Crippen LogP contribution in [0.15, 0.2) is 58.8 Å². The maximum absolute atomic E-state index is 13.9. The second-order valence-corrected chi connectivity index (χ2v) is 10.1. The van der Waals surface area contributed by atoms with Gasteiger partial charge in [0.25, 0.3) is 0 Å². The molecule has 0 saturated carbocycles. The largest absolute Gasteiger partial charge is 0.507 e. The zero-order valence-corrected chi connectivity index (χ0v) is 21.4. The highest BCUT2D eigenvalue weighted by atomic mass is 32.1. The van der Waals surface area contributed by atoms with Crippen molar-refractivity contribution in [1.29, 1.82) is 0 Å². The van der Waals surface area contributed by atoms with Crippen LogP contribution in [-0.4, -0.2) is 32.5 Å². The number of benzene rings is 2. The molecule has 1 aromatic heterocycles. The number of rotatable bonds is 5. The highest BCUT2D eigenvalue weighted by molar-refractivity contribution is 7.13. The van der Waals surface area contributed by atoms with Crippen molar-refractivity contribution >= 4 is 28.7 Å². The third-order valence-electron chi connectivity index (χ3n) is 6.87. The molecule has 37 heavy (non-hydrogen) atoms. The Labute approximate surface area is 216 Å². The monoisotopic (exact) mass is 516 g/mol. The lowest BCUT2D eigenvalue weighted by atomic mass is 9.70. The summed E-state index contributed by atoms with van der Waals surface area (Å²) in [5.41, 5.74) is 0.475. The predicted molar refractivity (Wildman–Crippen MR) is 138 cm³/mol. The van der Waals surface area contributed by atoms with E-state index in [1.54, 1.807) is 13.8 Å².